The maximum Gasteiger partial charge on any atom is 0.258 e. The number of nitrogens with one attached hydrogen (secondary N) is 1. The van der Waals surface area contributed by atoms with Crippen molar-refractivity contribution in [1.82, 2.24) is 29.6 Å². The number of aromatic amines is 1. The van der Waals surface area contributed by atoms with E-state index in [2.05, 4.69) is 53.2 Å². The number of fused-ring (bicyclic) bond motifs is 3. The van der Waals surface area contributed by atoms with Crippen LogP contribution >= 0.6 is 11.3 Å². The SMILES string of the molecule is Cc1cccc2sc([C@@H]3c4nc[nH]c4CCN3C(=O)c3cnn4c3C=CC(C)C4)nc12. The fourth-order valence-corrected chi connectivity index (χ4v) is 5.75. The molecule has 0 fully saturated rings. The van der Waals surface area contributed by atoms with E-state index in [9.17, 15) is 4.79 Å². The van der Waals surface area contributed by atoms with Crippen molar-refractivity contribution in [2.75, 3.05) is 6.54 Å². The minimum atomic E-state index is -0.304. The first-order chi connectivity index (χ1) is 15.1. The summed E-state index contributed by atoms with van der Waals surface area (Å²) >= 11 is 1.64. The highest BCUT2D eigenvalue weighted by atomic mass is 32.1. The van der Waals surface area contributed by atoms with Crippen LogP contribution in [0.4, 0.5) is 0 Å². The fourth-order valence-electron chi connectivity index (χ4n) is 4.59. The zero-order chi connectivity index (χ0) is 21.1. The molecular formula is C23H22N6OS. The van der Waals surface area contributed by atoms with Crippen LogP contribution in [0.1, 0.15) is 51.0 Å². The Morgan fingerprint density at radius 3 is 3.10 bits per heavy atom. The van der Waals surface area contributed by atoms with Gasteiger partial charge in [0, 0.05) is 25.2 Å². The number of thiazole rings is 1. The number of carbonyl (C=O) groups excluding carboxylic acids is 1. The van der Waals surface area contributed by atoms with Crippen LogP contribution in [-0.2, 0) is 13.0 Å². The predicted octanol–water partition coefficient (Wildman–Crippen LogP) is 3.98. The molecule has 0 saturated heterocycles. The lowest BCUT2D eigenvalue weighted by Gasteiger charge is -2.33. The molecule has 1 amide bonds. The molecule has 0 bridgehead atoms. The molecule has 2 atom stereocenters. The van der Waals surface area contributed by atoms with Gasteiger partial charge < -0.3 is 9.88 Å². The van der Waals surface area contributed by atoms with Gasteiger partial charge in [0.2, 0.25) is 0 Å². The lowest BCUT2D eigenvalue weighted by molar-refractivity contribution is 0.0690. The molecule has 2 aliphatic heterocycles. The van der Waals surface area contributed by atoms with Gasteiger partial charge in [0.15, 0.2) is 0 Å². The van der Waals surface area contributed by atoms with Gasteiger partial charge in [-0.3, -0.25) is 9.48 Å². The Morgan fingerprint density at radius 2 is 2.23 bits per heavy atom. The highest BCUT2D eigenvalue weighted by Gasteiger charge is 2.38. The molecule has 7 nitrogen and oxygen atoms in total. The summed E-state index contributed by atoms with van der Waals surface area (Å²) in [5, 5.41) is 5.38. The van der Waals surface area contributed by atoms with Crippen molar-refractivity contribution in [2.45, 2.75) is 32.9 Å². The number of nitrogens with zero attached hydrogens (tertiary/aromatic N) is 5. The monoisotopic (exact) mass is 430 g/mol. The number of imidazole rings is 1. The van der Waals surface area contributed by atoms with E-state index in [4.69, 9.17) is 4.98 Å². The van der Waals surface area contributed by atoms with Gasteiger partial charge in [-0.05, 0) is 30.5 Å². The van der Waals surface area contributed by atoms with Gasteiger partial charge in [-0.1, -0.05) is 25.1 Å². The molecule has 0 spiro atoms. The van der Waals surface area contributed by atoms with Crippen LogP contribution in [0, 0.1) is 12.8 Å². The van der Waals surface area contributed by atoms with Crippen molar-refractivity contribution < 1.29 is 4.79 Å². The number of allylic oxidation sites excluding steroid dienone is 1. The third-order valence-electron chi connectivity index (χ3n) is 6.21. The number of carbonyl (C=O) groups is 1. The lowest BCUT2D eigenvalue weighted by atomic mass is 10.0. The van der Waals surface area contributed by atoms with Crippen LogP contribution in [0.3, 0.4) is 0 Å². The van der Waals surface area contributed by atoms with Crippen LogP contribution < -0.4 is 0 Å². The molecule has 5 heterocycles. The molecule has 4 aromatic rings. The summed E-state index contributed by atoms with van der Waals surface area (Å²) in [5.41, 5.74) is 5.63. The number of aryl methyl sites for hydroxylation is 1. The molecule has 1 unspecified atom stereocenters. The zero-order valence-corrected chi connectivity index (χ0v) is 18.2. The summed E-state index contributed by atoms with van der Waals surface area (Å²) < 4.78 is 3.06. The van der Waals surface area contributed by atoms with Crippen molar-refractivity contribution >= 4 is 33.5 Å². The van der Waals surface area contributed by atoms with Crippen LogP contribution in [0.15, 0.2) is 36.8 Å². The molecule has 6 rings (SSSR count). The first kappa shape index (κ1) is 18.5. The molecule has 1 aromatic carbocycles. The standard InChI is InChI=1S/C23H22N6OS/c1-13-6-7-17-15(10-26-29(17)11-13)23(30)28-9-8-16-20(25-12-24-16)21(28)22-27-19-14(2)4-3-5-18(19)31-22/h3-7,10,12-13,21H,8-9,11H2,1-2H3,(H,24,25)/t13?,21-/m0/s1. The van der Waals surface area contributed by atoms with Crippen molar-refractivity contribution in [3.05, 3.63) is 70.0 Å². The van der Waals surface area contributed by atoms with E-state index in [0.717, 1.165) is 50.8 Å². The third-order valence-corrected chi connectivity index (χ3v) is 7.28. The molecule has 156 valence electrons. The molecule has 31 heavy (non-hydrogen) atoms. The van der Waals surface area contributed by atoms with Gasteiger partial charge in [0.1, 0.15) is 11.0 Å². The number of aromatic nitrogens is 5. The van der Waals surface area contributed by atoms with Gasteiger partial charge >= 0.3 is 0 Å². The number of H-pyrrole nitrogens is 1. The normalized spacial score (nSPS) is 20.1. The quantitative estimate of drug-likeness (QED) is 0.522. The number of hydrogen-bond acceptors (Lipinski definition) is 5. The van der Waals surface area contributed by atoms with E-state index in [0.29, 0.717) is 18.0 Å². The number of benzene rings is 1. The Kier molecular flexibility index (Phi) is 4.11. The van der Waals surface area contributed by atoms with E-state index in [1.165, 1.54) is 0 Å². The summed E-state index contributed by atoms with van der Waals surface area (Å²) in [6.07, 6.45) is 8.34. The maximum absolute atomic E-state index is 13.8. The number of rotatable bonds is 2. The lowest BCUT2D eigenvalue weighted by Crippen LogP contribution is -2.41. The Morgan fingerprint density at radius 1 is 1.32 bits per heavy atom. The molecule has 1 N–H and O–H groups in total. The Labute approximate surface area is 183 Å². The zero-order valence-electron chi connectivity index (χ0n) is 17.4. The summed E-state index contributed by atoms with van der Waals surface area (Å²) in [4.78, 5) is 28.5. The Hall–Kier alpha value is -3.26. The van der Waals surface area contributed by atoms with Crippen molar-refractivity contribution in [2.24, 2.45) is 5.92 Å². The number of hydrogen-bond donors (Lipinski definition) is 1. The van der Waals surface area contributed by atoms with Crippen LogP contribution in [0.5, 0.6) is 0 Å². The predicted molar refractivity (Wildman–Crippen MR) is 120 cm³/mol. The molecule has 0 saturated carbocycles. The highest BCUT2D eigenvalue weighted by molar-refractivity contribution is 7.18. The fraction of sp³-hybridized carbons (Fsp3) is 0.304. The highest BCUT2D eigenvalue weighted by Crippen LogP contribution is 2.39. The summed E-state index contributed by atoms with van der Waals surface area (Å²) in [7, 11) is 0. The van der Waals surface area contributed by atoms with Gasteiger partial charge in [0.05, 0.1) is 39.7 Å². The Bertz CT molecular complexity index is 1350. The average Bonchev–Trinajstić information content (AvgIpc) is 3.50. The molecule has 8 heteroatoms. The van der Waals surface area contributed by atoms with E-state index >= 15 is 0 Å². The summed E-state index contributed by atoms with van der Waals surface area (Å²) in [5.74, 6) is 0.394. The van der Waals surface area contributed by atoms with E-state index in [1.807, 2.05) is 15.7 Å². The summed E-state index contributed by atoms with van der Waals surface area (Å²) in [6.45, 7) is 5.63. The van der Waals surface area contributed by atoms with Crippen molar-refractivity contribution in [3.8, 4) is 0 Å². The molecule has 0 aliphatic carbocycles. The summed E-state index contributed by atoms with van der Waals surface area (Å²) in [6, 6.07) is 5.91. The molecule has 3 aromatic heterocycles. The minimum Gasteiger partial charge on any atom is -0.348 e. The van der Waals surface area contributed by atoms with Crippen LogP contribution in [0.2, 0.25) is 0 Å². The molecule has 2 aliphatic rings. The second-order valence-corrected chi connectivity index (χ2v) is 9.42. The first-order valence-corrected chi connectivity index (χ1v) is 11.3. The topological polar surface area (TPSA) is 79.7 Å². The maximum atomic E-state index is 13.8. The van der Waals surface area contributed by atoms with Crippen molar-refractivity contribution in [3.63, 3.8) is 0 Å². The second-order valence-electron chi connectivity index (χ2n) is 8.35. The largest absolute Gasteiger partial charge is 0.348 e. The second kappa shape index (κ2) is 6.88. The average molecular weight is 431 g/mol. The van der Waals surface area contributed by atoms with Crippen molar-refractivity contribution in [1.29, 1.82) is 0 Å². The molecular weight excluding hydrogens is 408 g/mol. The van der Waals surface area contributed by atoms with Gasteiger partial charge in [-0.2, -0.15) is 5.10 Å². The van der Waals surface area contributed by atoms with Gasteiger partial charge in [0.25, 0.3) is 5.91 Å². The van der Waals surface area contributed by atoms with E-state index in [-0.39, 0.29) is 11.9 Å². The van der Waals surface area contributed by atoms with Crippen LogP contribution in [-0.4, -0.2) is 42.1 Å². The first-order valence-electron chi connectivity index (χ1n) is 10.5. The third kappa shape index (κ3) is 2.85. The van der Waals surface area contributed by atoms with E-state index in [1.54, 1.807) is 23.9 Å². The number of amides is 1. The minimum absolute atomic E-state index is 0.0184. The van der Waals surface area contributed by atoms with Crippen LogP contribution in [0.25, 0.3) is 16.3 Å². The Balaban J connectivity index is 1.46. The van der Waals surface area contributed by atoms with Gasteiger partial charge in [-0.15, -0.1) is 11.3 Å². The number of para-hydroxylation sites is 1. The molecule has 0 radical (unpaired) electrons. The smallest absolute Gasteiger partial charge is 0.258 e. The van der Waals surface area contributed by atoms with Gasteiger partial charge in [-0.25, -0.2) is 9.97 Å². The van der Waals surface area contributed by atoms with E-state index < -0.39 is 0 Å².